The molecule has 35 heavy (non-hydrogen) atoms. The number of hydrogen-bond acceptors (Lipinski definition) is 0. The average molecular weight is 576 g/mol. The molecule has 0 saturated carbocycles. The van der Waals surface area contributed by atoms with Crippen LogP contribution in [0, 0.1) is 0 Å². The smallest absolute Gasteiger partial charge is 1.00 e. The number of benzene rings is 3. The van der Waals surface area contributed by atoms with Crippen molar-refractivity contribution in [1.82, 2.24) is 0 Å². The van der Waals surface area contributed by atoms with Crippen LogP contribution in [-0.2, 0) is 27.1 Å². The van der Waals surface area contributed by atoms with E-state index in [1.165, 1.54) is 40.4 Å². The molecule has 0 nitrogen and oxygen atoms in total. The Labute approximate surface area is 246 Å². The summed E-state index contributed by atoms with van der Waals surface area (Å²) >= 11 is 0. The topological polar surface area (TPSA) is 0 Å². The van der Waals surface area contributed by atoms with Crippen LogP contribution in [0.5, 0.6) is 0 Å². The molecule has 0 aromatic heterocycles. The summed E-state index contributed by atoms with van der Waals surface area (Å²) in [5, 5.41) is 1.61. The molecule has 4 aromatic rings. The van der Waals surface area contributed by atoms with Crippen molar-refractivity contribution in [3.8, 4) is 0 Å². The van der Waals surface area contributed by atoms with Gasteiger partial charge >= 0.3 is 21.7 Å². The number of rotatable bonds is 8. The quantitative estimate of drug-likeness (QED) is 0.137. The van der Waals surface area contributed by atoms with Gasteiger partial charge in [-0.1, -0.05) is 130 Å². The van der Waals surface area contributed by atoms with Gasteiger partial charge < -0.3 is 37.2 Å². The minimum absolute atomic E-state index is 0. The minimum atomic E-state index is -1.45. The van der Waals surface area contributed by atoms with Crippen LogP contribution in [0.2, 0.25) is 18.1 Å². The normalized spacial score (nSPS) is 10.7. The van der Waals surface area contributed by atoms with E-state index in [1.807, 2.05) is 0 Å². The van der Waals surface area contributed by atoms with Crippen LogP contribution in [0.15, 0.2) is 109 Å². The summed E-state index contributed by atoms with van der Waals surface area (Å²) in [6.07, 6.45) is 0. The predicted octanol–water partition coefficient (Wildman–Crippen LogP) is -1.49. The minimum Gasteiger partial charge on any atom is -1.00 e. The van der Waals surface area contributed by atoms with E-state index in [0.717, 1.165) is 0 Å². The third-order valence-electron chi connectivity index (χ3n) is 7.45. The first-order valence-corrected chi connectivity index (χ1v) is 14.3. The maximum Gasteiger partial charge on any atom is 4.00 e. The van der Waals surface area contributed by atoms with Gasteiger partial charge in [0.1, 0.15) is 0 Å². The zero-order chi connectivity index (χ0) is 21.7. The Morgan fingerprint density at radius 1 is 0.543 bits per heavy atom. The molecule has 0 spiro atoms. The molecule has 0 N–H and O–H groups in total. The Morgan fingerprint density at radius 2 is 0.886 bits per heavy atom. The molecule has 0 atom stereocenters. The van der Waals surface area contributed by atoms with E-state index < -0.39 is 8.07 Å². The molecule has 0 aliphatic carbocycles. The molecule has 0 saturated heterocycles. The molecule has 4 rings (SSSR count). The molecule has 5 heteroatoms. The van der Waals surface area contributed by atoms with Crippen LogP contribution in [0.3, 0.4) is 0 Å². The van der Waals surface area contributed by atoms with Crippen LogP contribution in [0.25, 0.3) is 0 Å². The molecule has 0 aliphatic heterocycles. The average Bonchev–Trinajstić information content (AvgIpc) is 3.34. The standard InChI is InChI=1S/C30H33Si.3ClH.Ti/c1-4-31(5-2,6-3)29-23-22-28(24-29)30(25-16-10-7-11-17-25,26-18-12-8-13-19-26)27-20-14-9-15-21-27;;;;/h7-24H,4-6H2,1-3H3;3*1H;/q-1;;;;+4/p-3. The van der Waals surface area contributed by atoms with Crippen molar-refractivity contribution in [3.05, 3.63) is 131 Å². The Hall–Kier alpha value is -1.19. The summed E-state index contributed by atoms with van der Waals surface area (Å²) in [5.74, 6) is 0. The van der Waals surface area contributed by atoms with Crippen molar-refractivity contribution in [2.45, 2.75) is 44.3 Å². The van der Waals surface area contributed by atoms with Gasteiger partial charge in [0, 0.05) is 13.5 Å². The second-order valence-electron chi connectivity index (χ2n) is 8.58. The largest absolute Gasteiger partial charge is 4.00 e. The zero-order valence-electron chi connectivity index (χ0n) is 20.6. The fourth-order valence-corrected chi connectivity index (χ4v) is 9.06. The van der Waals surface area contributed by atoms with Gasteiger partial charge in [-0.2, -0.15) is 22.9 Å². The van der Waals surface area contributed by atoms with Gasteiger partial charge in [0.05, 0.1) is 0 Å². The monoisotopic (exact) mass is 574 g/mol. The van der Waals surface area contributed by atoms with Crippen LogP contribution in [0.4, 0.5) is 0 Å². The molecule has 0 aliphatic rings. The summed E-state index contributed by atoms with van der Waals surface area (Å²) in [6.45, 7) is 7.18. The number of halogens is 3. The summed E-state index contributed by atoms with van der Waals surface area (Å²) in [6, 6.07) is 44.4. The molecular weight excluding hydrogens is 543 g/mol. The van der Waals surface area contributed by atoms with Gasteiger partial charge in [0.15, 0.2) is 0 Å². The first-order chi connectivity index (χ1) is 15.2. The molecule has 0 heterocycles. The Morgan fingerprint density at radius 3 is 1.20 bits per heavy atom. The Balaban J connectivity index is 0.00000289. The Bertz CT molecular complexity index is 989. The maximum absolute atomic E-state index is 2.55. The van der Waals surface area contributed by atoms with E-state index in [2.05, 4.69) is 130 Å². The molecule has 0 bridgehead atoms. The molecule has 4 aromatic carbocycles. The van der Waals surface area contributed by atoms with Crippen molar-refractivity contribution in [1.29, 1.82) is 0 Å². The molecule has 0 radical (unpaired) electrons. The van der Waals surface area contributed by atoms with Crippen LogP contribution >= 0.6 is 0 Å². The van der Waals surface area contributed by atoms with Crippen molar-refractivity contribution in [2.24, 2.45) is 0 Å². The van der Waals surface area contributed by atoms with Gasteiger partial charge in [-0.05, 0) is 16.7 Å². The van der Waals surface area contributed by atoms with E-state index in [-0.39, 0.29) is 64.4 Å². The second-order valence-corrected chi connectivity index (χ2v) is 13.8. The first kappa shape index (κ1) is 33.8. The predicted molar refractivity (Wildman–Crippen MR) is 137 cm³/mol. The van der Waals surface area contributed by atoms with Crippen LogP contribution < -0.4 is 42.4 Å². The van der Waals surface area contributed by atoms with Crippen LogP contribution in [-0.4, -0.2) is 8.07 Å². The zero-order valence-corrected chi connectivity index (χ0v) is 25.5. The van der Waals surface area contributed by atoms with E-state index >= 15 is 0 Å². The molecule has 0 unspecified atom stereocenters. The summed E-state index contributed by atoms with van der Waals surface area (Å²) in [7, 11) is -1.45. The van der Waals surface area contributed by atoms with Gasteiger partial charge in [0.25, 0.3) is 0 Å². The third kappa shape index (κ3) is 6.21. The van der Waals surface area contributed by atoms with E-state index in [1.54, 1.807) is 5.19 Å². The summed E-state index contributed by atoms with van der Waals surface area (Å²) in [4.78, 5) is 0. The van der Waals surface area contributed by atoms with E-state index in [9.17, 15) is 0 Å². The Kier molecular flexibility index (Phi) is 14.6. The fraction of sp³-hybridized carbons (Fsp3) is 0.233. The number of hydrogen-bond donors (Lipinski definition) is 0. The van der Waals surface area contributed by atoms with Crippen molar-refractivity contribution < 1.29 is 58.9 Å². The van der Waals surface area contributed by atoms with Crippen molar-refractivity contribution >= 4 is 13.3 Å². The summed E-state index contributed by atoms with van der Waals surface area (Å²) in [5.41, 5.74) is 5.03. The fourth-order valence-electron chi connectivity index (χ4n) is 5.43. The van der Waals surface area contributed by atoms with Crippen molar-refractivity contribution in [2.75, 3.05) is 0 Å². The summed E-state index contributed by atoms with van der Waals surface area (Å²) < 4.78 is 0. The van der Waals surface area contributed by atoms with E-state index in [4.69, 9.17) is 0 Å². The van der Waals surface area contributed by atoms with Gasteiger partial charge in [-0.15, -0.1) is 0 Å². The molecular formula is C30H33Cl3SiTi. The maximum atomic E-state index is 2.55. The molecule has 0 fully saturated rings. The van der Waals surface area contributed by atoms with Gasteiger partial charge in [0.2, 0.25) is 0 Å². The van der Waals surface area contributed by atoms with Gasteiger partial charge in [-0.3, -0.25) is 0 Å². The van der Waals surface area contributed by atoms with E-state index in [0.29, 0.717) is 0 Å². The van der Waals surface area contributed by atoms with Gasteiger partial charge in [-0.25, -0.2) is 6.07 Å². The second kappa shape index (κ2) is 15.2. The molecule has 0 amide bonds. The van der Waals surface area contributed by atoms with Crippen molar-refractivity contribution in [3.63, 3.8) is 0 Å². The first-order valence-electron chi connectivity index (χ1n) is 11.7. The molecule has 182 valence electrons. The van der Waals surface area contributed by atoms with Crippen LogP contribution in [0.1, 0.15) is 43.0 Å². The SMILES string of the molecule is CC[Si](CC)(CC)[c-]1ccc(C(c2ccccc2)(c2ccccc2)c2ccccc2)c1.[Cl-].[Cl-].[Cl-].[Ti+4]. The third-order valence-corrected chi connectivity index (χ3v) is 13.0.